The Balaban J connectivity index is 4.36. The summed E-state index contributed by atoms with van der Waals surface area (Å²) < 4.78 is 10.8. The fraction of sp³-hybridized carbons (Fsp3) is 0.818. The van der Waals surface area contributed by atoms with E-state index >= 15 is 0 Å². The number of hydrogen-bond acceptors (Lipinski definition) is 4. The standard InChI is InChI=1S/C11H25NO3Si2/c1-8-10(12-15-17(5,6)7)9-11(13)14-16(2,3)4/h8-9H2,1-7H3. The molecule has 0 aromatic carbocycles. The summed E-state index contributed by atoms with van der Waals surface area (Å²) in [5, 5.41) is 4.08. The van der Waals surface area contributed by atoms with Gasteiger partial charge in [0, 0.05) is 0 Å². The number of nitrogens with zero attached hydrogens (tertiary/aromatic N) is 1. The Hall–Kier alpha value is -0.626. The molecule has 0 aliphatic rings. The van der Waals surface area contributed by atoms with Crippen LogP contribution >= 0.6 is 0 Å². The molecule has 0 heterocycles. The van der Waals surface area contributed by atoms with Gasteiger partial charge in [-0.2, -0.15) is 0 Å². The molecule has 0 aromatic heterocycles. The quantitative estimate of drug-likeness (QED) is 0.424. The lowest BCUT2D eigenvalue weighted by Gasteiger charge is -2.18. The SMILES string of the molecule is CCC(CC(=O)O[Si](C)(C)C)=NO[Si](C)(C)C. The zero-order chi connectivity index (χ0) is 13.7. The first-order chi connectivity index (χ1) is 7.53. The molecule has 4 nitrogen and oxygen atoms in total. The highest BCUT2D eigenvalue weighted by Gasteiger charge is 2.21. The van der Waals surface area contributed by atoms with E-state index in [4.69, 9.17) is 8.95 Å². The summed E-state index contributed by atoms with van der Waals surface area (Å²) in [5.74, 6) is -0.191. The number of rotatable bonds is 6. The van der Waals surface area contributed by atoms with E-state index in [1.54, 1.807) is 0 Å². The van der Waals surface area contributed by atoms with Gasteiger partial charge in [0.05, 0.1) is 12.1 Å². The molecule has 0 aliphatic carbocycles. The fourth-order valence-corrected chi connectivity index (χ4v) is 2.13. The number of oxime groups is 1. The van der Waals surface area contributed by atoms with Crippen molar-refractivity contribution in [3.8, 4) is 0 Å². The molecule has 100 valence electrons. The van der Waals surface area contributed by atoms with Gasteiger partial charge in [-0.25, -0.2) is 0 Å². The molecular formula is C11H25NO3Si2. The third-order valence-corrected chi connectivity index (χ3v) is 3.10. The van der Waals surface area contributed by atoms with Crippen LogP contribution in [0.4, 0.5) is 0 Å². The van der Waals surface area contributed by atoms with Crippen molar-refractivity contribution >= 4 is 28.3 Å². The predicted octanol–water partition coefficient (Wildman–Crippen LogP) is 3.37. The average Bonchev–Trinajstić information content (AvgIpc) is 2.07. The second-order valence-electron chi connectivity index (χ2n) is 5.98. The third kappa shape index (κ3) is 10.3. The number of carbonyl (C=O) groups is 1. The summed E-state index contributed by atoms with van der Waals surface area (Å²) in [5.41, 5.74) is 0.760. The first-order valence-electron chi connectivity index (χ1n) is 5.99. The fourth-order valence-electron chi connectivity index (χ4n) is 0.968. The molecule has 0 fully saturated rings. The van der Waals surface area contributed by atoms with E-state index in [1.165, 1.54) is 0 Å². The topological polar surface area (TPSA) is 47.9 Å². The molecule has 0 aromatic rings. The van der Waals surface area contributed by atoms with Crippen LogP contribution < -0.4 is 0 Å². The van der Waals surface area contributed by atoms with Crippen LogP contribution in [0.2, 0.25) is 39.3 Å². The molecule has 0 rings (SSSR count). The molecule has 0 aliphatic heterocycles. The van der Waals surface area contributed by atoms with Crippen LogP contribution in [0.25, 0.3) is 0 Å². The third-order valence-electron chi connectivity index (χ3n) is 1.63. The molecule has 0 atom stereocenters. The molecule has 0 saturated heterocycles. The summed E-state index contributed by atoms with van der Waals surface area (Å²) in [6.45, 7) is 14.1. The van der Waals surface area contributed by atoms with E-state index in [0.29, 0.717) is 6.42 Å². The smallest absolute Gasteiger partial charge is 0.298 e. The first-order valence-corrected chi connectivity index (χ1v) is 12.8. The van der Waals surface area contributed by atoms with Gasteiger partial charge in [-0.3, -0.25) is 4.79 Å². The predicted molar refractivity (Wildman–Crippen MR) is 76.2 cm³/mol. The lowest BCUT2D eigenvalue weighted by Crippen LogP contribution is -2.30. The van der Waals surface area contributed by atoms with E-state index in [0.717, 1.165) is 5.71 Å². The van der Waals surface area contributed by atoms with E-state index in [-0.39, 0.29) is 12.4 Å². The summed E-state index contributed by atoms with van der Waals surface area (Å²) in [6.07, 6.45) is 0.955. The largest absolute Gasteiger partial charge is 0.520 e. The summed E-state index contributed by atoms with van der Waals surface area (Å²) in [6, 6.07) is 0. The second kappa shape index (κ2) is 6.35. The molecule has 0 radical (unpaired) electrons. The summed E-state index contributed by atoms with van der Waals surface area (Å²) in [7, 11) is -3.46. The molecule has 0 spiro atoms. The highest BCUT2D eigenvalue weighted by atomic mass is 28.4. The summed E-state index contributed by atoms with van der Waals surface area (Å²) >= 11 is 0. The van der Waals surface area contributed by atoms with Gasteiger partial charge in [0.1, 0.15) is 0 Å². The Labute approximate surface area is 107 Å². The molecule has 0 saturated carbocycles. The van der Waals surface area contributed by atoms with Crippen molar-refractivity contribution in [2.24, 2.45) is 5.16 Å². The number of carbonyl (C=O) groups excluding carboxylic acids is 1. The van der Waals surface area contributed by atoms with Crippen LogP contribution in [0.3, 0.4) is 0 Å². The molecule has 6 heteroatoms. The zero-order valence-corrected chi connectivity index (χ0v) is 14.1. The minimum absolute atomic E-state index is 0.191. The average molecular weight is 275 g/mol. The molecular weight excluding hydrogens is 250 g/mol. The Kier molecular flexibility index (Phi) is 6.11. The van der Waals surface area contributed by atoms with Gasteiger partial charge in [0.25, 0.3) is 14.3 Å². The molecule has 17 heavy (non-hydrogen) atoms. The zero-order valence-electron chi connectivity index (χ0n) is 12.1. The van der Waals surface area contributed by atoms with E-state index in [1.807, 2.05) is 26.6 Å². The van der Waals surface area contributed by atoms with E-state index < -0.39 is 16.6 Å². The van der Waals surface area contributed by atoms with Gasteiger partial charge in [0.15, 0.2) is 0 Å². The van der Waals surface area contributed by atoms with Gasteiger partial charge in [-0.1, -0.05) is 6.92 Å². The van der Waals surface area contributed by atoms with Crippen LogP contribution in [-0.4, -0.2) is 28.3 Å². The minimum atomic E-state index is -1.80. The second-order valence-corrected chi connectivity index (χ2v) is 14.8. The van der Waals surface area contributed by atoms with E-state index in [2.05, 4.69) is 24.8 Å². The van der Waals surface area contributed by atoms with Gasteiger partial charge in [-0.05, 0) is 45.7 Å². The Bertz CT molecular complexity index is 290. The molecule has 0 bridgehead atoms. The van der Waals surface area contributed by atoms with Crippen molar-refractivity contribution in [2.45, 2.75) is 59.0 Å². The van der Waals surface area contributed by atoms with E-state index in [9.17, 15) is 4.79 Å². The van der Waals surface area contributed by atoms with Crippen molar-refractivity contribution in [3.05, 3.63) is 0 Å². The van der Waals surface area contributed by atoms with Crippen LogP contribution in [0, 0.1) is 0 Å². The maximum Gasteiger partial charge on any atom is 0.298 e. The van der Waals surface area contributed by atoms with Gasteiger partial charge in [0.2, 0.25) is 8.32 Å². The Morgan fingerprint density at radius 1 is 1.06 bits per heavy atom. The van der Waals surface area contributed by atoms with Crippen molar-refractivity contribution in [3.63, 3.8) is 0 Å². The highest BCUT2D eigenvalue weighted by molar-refractivity contribution is 6.71. The monoisotopic (exact) mass is 275 g/mol. The van der Waals surface area contributed by atoms with Crippen molar-refractivity contribution in [1.82, 2.24) is 0 Å². The van der Waals surface area contributed by atoms with Crippen molar-refractivity contribution in [1.29, 1.82) is 0 Å². The maximum absolute atomic E-state index is 11.6. The molecule has 0 amide bonds. The lowest BCUT2D eigenvalue weighted by atomic mass is 10.2. The van der Waals surface area contributed by atoms with Crippen molar-refractivity contribution < 1.29 is 13.7 Å². The van der Waals surface area contributed by atoms with Crippen LogP contribution in [0.1, 0.15) is 19.8 Å². The van der Waals surface area contributed by atoms with Gasteiger partial charge < -0.3 is 8.95 Å². The first kappa shape index (κ1) is 16.4. The van der Waals surface area contributed by atoms with Crippen molar-refractivity contribution in [2.75, 3.05) is 0 Å². The van der Waals surface area contributed by atoms with Crippen LogP contribution in [0.15, 0.2) is 5.16 Å². The number of hydrogen-bond donors (Lipinski definition) is 0. The lowest BCUT2D eigenvalue weighted by molar-refractivity contribution is -0.133. The molecule has 0 N–H and O–H groups in total. The summed E-state index contributed by atoms with van der Waals surface area (Å²) in [4.78, 5) is 11.6. The van der Waals surface area contributed by atoms with Crippen LogP contribution in [-0.2, 0) is 13.7 Å². The Morgan fingerprint density at radius 2 is 1.59 bits per heavy atom. The highest BCUT2D eigenvalue weighted by Crippen LogP contribution is 2.08. The van der Waals surface area contributed by atoms with Crippen LogP contribution in [0.5, 0.6) is 0 Å². The Morgan fingerprint density at radius 3 is 1.94 bits per heavy atom. The molecule has 0 unspecified atom stereocenters. The van der Waals surface area contributed by atoms with Gasteiger partial charge >= 0.3 is 0 Å². The normalized spacial score (nSPS) is 13.5. The minimum Gasteiger partial charge on any atom is -0.520 e. The van der Waals surface area contributed by atoms with Gasteiger partial charge in [-0.15, -0.1) is 5.16 Å². The maximum atomic E-state index is 11.6.